The molecule has 65 heavy (non-hydrogen) atoms. The van der Waals surface area contributed by atoms with Crippen LogP contribution in [0.3, 0.4) is 0 Å². The highest BCUT2D eigenvalue weighted by molar-refractivity contribution is 6.07. The zero-order chi connectivity index (χ0) is 46.3. The molecule has 3 aromatic heterocycles. The SMILES string of the molecule is C=C1C[C@H]2C=Nc3cc(OCCCC(=O)Nc4cn(C)c(C(=O)Nc5cc(C(=O)Nc6cc(C(=O)N7Cc8ccc(NC(C)(C)C)cc8C7)n(C)c6)n(C)c5)n4)c(OC)cc3C(=O)N2C1. The van der Waals surface area contributed by atoms with Crippen molar-refractivity contribution in [3.8, 4) is 11.5 Å². The van der Waals surface area contributed by atoms with Crippen LogP contribution in [-0.4, -0.2) is 96.1 Å². The molecule has 18 heteroatoms. The summed E-state index contributed by atoms with van der Waals surface area (Å²) in [6.45, 7) is 12.0. The van der Waals surface area contributed by atoms with Crippen molar-refractivity contribution in [2.75, 3.05) is 41.5 Å². The molecule has 0 radical (unpaired) electrons. The number of aliphatic imine (C=N–C) groups is 1. The van der Waals surface area contributed by atoms with E-state index in [1.165, 1.54) is 23.9 Å². The molecule has 8 rings (SSSR count). The van der Waals surface area contributed by atoms with E-state index in [4.69, 9.17) is 9.47 Å². The lowest BCUT2D eigenvalue weighted by atomic mass is 10.1. The highest BCUT2D eigenvalue weighted by atomic mass is 16.5. The predicted molar refractivity (Wildman–Crippen MR) is 246 cm³/mol. The molecule has 1 saturated heterocycles. The minimum atomic E-state index is -0.553. The van der Waals surface area contributed by atoms with Gasteiger partial charge in [-0.25, -0.2) is 4.98 Å². The average molecular weight is 884 g/mol. The maximum Gasteiger partial charge on any atom is 0.291 e. The van der Waals surface area contributed by atoms with E-state index in [1.54, 1.807) is 76.9 Å². The van der Waals surface area contributed by atoms with Crippen LogP contribution in [0.2, 0.25) is 0 Å². The first-order chi connectivity index (χ1) is 30.9. The van der Waals surface area contributed by atoms with E-state index in [0.717, 1.165) is 22.4 Å². The number of rotatable bonds is 13. The van der Waals surface area contributed by atoms with E-state index in [0.29, 0.717) is 72.3 Å². The maximum atomic E-state index is 13.6. The number of methoxy groups -OCH3 is 1. The fraction of sp³-hybridized carbons (Fsp3) is 0.340. The van der Waals surface area contributed by atoms with E-state index in [9.17, 15) is 24.0 Å². The molecule has 0 spiro atoms. The number of nitrogens with one attached hydrogen (secondary N) is 4. The van der Waals surface area contributed by atoms with Crippen LogP contribution in [0, 0.1) is 0 Å². The molecule has 6 heterocycles. The smallest absolute Gasteiger partial charge is 0.291 e. The number of ether oxygens (including phenoxy) is 2. The van der Waals surface area contributed by atoms with Gasteiger partial charge in [-0.1, -0.05) is 18.2 Å². The molecule has 1 fully saturated rings. The Morgan fingerprint density at radius 3 is 2.26 bits per heavy atom. The minimum Gasteiger partial charge on any atom is -0.493 e. The number of fused-ring (bicyclic) bond motifs is 3. The van der Waals surface area contributed by atoms with Crippen molar-refractivity contribution in [3.63, 3.8) is 0 Å². The first-order valence-electron chi connectivity index (χ1n) is 21.3. The maximum absolute atomic E-state index is 13.6. The van der Waals surface area contributed by atoms with Crippen molar-refractivity contribution in [1.29, 1.82) is 0 Å². The number of benzene rings is 2. The Morgan fingerprint density at radius 1 is 0.815 bits per heavy atom. The van der Waals surface area contributed by atoms with Crippen molar-refractivity contribution < 1.29 is 33.4 Å². The first-order valence-corrected chi connectivity index (χ1v) is 21.3. The van der Waals surface area contributed by atoms with Crippen LogP contribution < -0.4 is 30.7 Å². The van der Waals surface area contributed by atoms with E-state index in [1.807, 2.05) is 6.07 Å². The molecule has 3 aliphatic heterocycles. The second-order valence-corrected chi connectivity index (χ2v) is 17.7. The fourth-order valence-corrected chi connectivity index (χ4v) is 8.26. The van der Waals surface area contributed by atoms with Gasteiger partial charge >= 0.3 is 0 Å². The van der Waals surface area contributed by atoms with Crippen LogP contribution in [-0.2, 0) is 39.0 Å². The molecule has 3 aliphatic rings. The molecule has 338 valence electrons. The number of amides is 5. The van der Waals surface area contributed by atoms with E-state index >= 15 is 0 Å². The van der Waals surface area contributed by atoms with Crippen molar-refractivity contribution >= 4 is 64.3 Å². The molecule has 18 nitrogen and oxygen atoms in total. The third-order valence-corrected chi connectivity index (χ3v) is 11.3. The number of imidazole rings is 1. The Morgan fingerprint density at radius 2 is 1.52 bits per heavy atom. The molecular formula is C47H53N11O7. The highest BCUT2D eigenvalue weighted by Gasteiger charge is 2.34. The summed E-state index contributed by atoms with van der Waals surface area (Å²) in [7, 11) is 6.56. The number of hydrogen-bond acceptors (Lipinski definition) is 10. The van der Waals surface area contributed by atoms with Crippen LogP contribution >= 0.6 is 0 Å². The van der Waals surface area contributed by atoms with Gasteiger partial charge in [0.1, 0.15) is 11.4 Å². The number of carbonyl (C=O) groups excluding carboxylic acids is 5. The summed E-state index contributed by atoms with van der Waals surface area (Å²) >= 11 is 0. The summed E-state index contributed by atoms with van der Waals surface area (Å²) in [5, 5.41) is 11.9. The summed E-state index contributed by atoms with van der Waals surface area (Å²) in [5.41, 5.74) is 6.49. The van der Waals surface area contributed by atoms with Crippen molar-refractivity contribution in [2.24, 2.45) is 26.1 Å². The lowest BCUT2D eigenvalue weighted by molar-refractivity contribution is -0.116. The van der Waals surface area contributed by atoms with E-state index < -0.39 is 11.8 Å². The molecule has 0 bridgehead atoms. The Bertz CT molecular complexity index is 2790. The molecule has 5 amide bonds. The highest BCUT2D eigenvalue weighted by Crippen LogP contribution is 2.39. The number of carbonyl (C=O) groups is 5. The van der Waals surface area contributed by atoms with Gasteiger partial charge in [0.05, 0.1) is 42.4 Å². The van der Waals surface area contributed by atoms with Crippen molar-refractivity contribution in [2.45, 2.75) is 64.7 Å². The lowest BCUT2D eigenvalue weighted by Gasteiger charge is -2.22. The van der Waals surface area contributed by atoms with Gasteiger partial charge < -0.3 is 54.2 Å². The number of anilines is 4. The Kier molecular flexibility index (Phi) is 11.8. The van der Waals surface area contributed by atoms with E-state index in [2.05, 4.69) is 70.7 Å². The second kappa shape index (κ2) is 17.5. The number of nitrogens with zero attached hydrogens (tertiary/aromatic N) is 7. The van der Waals surface area contributed by atoms with E-state index in [-0.39, 0.29) is 59.7 Å². The summed E-state index contributed by atoms with van der Waals surface area (Å²) in [5.74, 6) is -0.609. The zero-order valence-electron chi connectivity index (χ0n) is 37.6. The summed E-state index contributed by atoms with van der Waals surface area (Å²) in [4.78, 5) is 79.0. The lowest BCUT2D eigenvalue weighted by Crippen LogP contribution is -2.35. The van der Waals surface area contributed by atoms with Gasteiger partial charge in [0.25, 0.3) is 23.6 Å². The fourth-order valence-electron chi connectivity index (χ4n) is 8.26. The van der Waals surface area contributed by atoms with Crippen LogP contribution in [0.5, 0.6) is 11.5 Å². The van der Waals surface area contributed by atoms with Gasteiger partial charge in [-0.3, -0.25) is 29.0 Å². The standard InChI is InChI=1S/C47H53N11O7/c1-27-14-33-20-48-35-19-39(38(64-8)18-34(35)45(62)58(33)21-27)65-13-9-10-41(59)51-40-26-56(7)42(52-40)44(61)50-31-16-36(54(5)24-31)43(60)49-32-17-37(55(6)25-32)46(63)57-22-28-11-12-30(15-29(28)23-57)53-47(2,3)4/h11-12,15-20,24-26,33,53H,1,9-10,13-14,21-23H2,2-8H3,(H,49,60)(H,50,61)(H,51,59)/t33-/m0/s1. The van der Waals surface area contributed by atoms with Crippen LogP contribution in [0.15, 0.2) is 78.2 Å². The van der Waals surface area contributed by atoms with Crippen LogP contribution in [0.25, 0.3) is 0 Å². The largest absolute Gasteiger partial charge is 0.493 e. The van der Waals surface area contributed by atoms with Gasteiger partial charge in [-0.05, 0) is 75.1 Å². The topological polar surface area (TPSA) is 198 Å². The first kappa shape index (κ1) is 44.0. The molecule has 1 atom stereocenters. The molecular weight excluding hydrogens is 831 g/mol. The Labute approximate surface area is 376 Å². The number of aromatic nitrogens is 4. The predicted octanol–water partition coefficient (Wildman–Crippen LogP) is 6.26. The summed E-state index contributed by atoms with van der Waals surface area (Å²) in [6.07, 6.45) is 7.70. The molecule has 4 N–H and O–H groups in total. The number of hydrogen-bond donors (Lipinski definition) is 4. The number of aryl methyl sites for hydroxylation is 3. The van der Waals surface area contributed by atoms with Crippen molar-refractivity contribution in [3.05, 3.63) is 107 Å². The second-order valence-electron chi connectivity index (χ2n) is 17.7. The quantitative estimate of drug-likeness (QED) is 0.0779. The molecule has 0 saturated carbocycles. The van der Waals surface area contributed by atoms with Gasteiger partial charge in [-0.15, -0.1) is 0 Å². The van der Waals surface area contributed by atoms with Gasteiger partial charge in [0.2, 0.25) is 11.7 Å². The van der Waals surface area contributed by atoms with Gasteiger partial charge in [0.15, 0.2) is 17.3 Å². The summed E-state index contributed by atoms with van der Waals surface area (Å²) < 4.78 is 16.2. The van der Waals surface area contributed by atoms with Crippen LogP contribution in [0.1, 0.15) is 93.1 Å². The van der Waals surface area contributed by atoms with Gasteiger partial charge in [-0.2, -0.15) is 0 Å². The molecule has 5 aromatic rings. The summed E-state index contributed by atoms with van der Waals surface area (Å²) in [6, 6.07) is 12.5. The average Bonchev–Trinajstić information content (AvgIpc) is 4.07. The third kappa shape index (κ3) is 9.51. The Hall–Kier alpha value is -7.63. The van der Waals surface area contributed by atoms with Crippen molar-refractivity contribution in [1.82, 2.24) is 28.5 Å². The molecule has 0 aliphatic carbocycles. The molecule has 0 unspecified atom stereocenters. The normalized spacial score (nSPS) is 15.3. The molecule has 2 aromatic carbocycles. The minimum absolute atomic E-state index is 0.0323. The third-order valence-electron chi connectivity index (χ3n) is 11.3. The zero-order valence-corrected chi connectivity index (χ0v) is 37.6. The Balaban J connectivity index is 0.818. The van der Waals surface area contributed by atoms with Crippen LogP contribution in [0.4, 0.5) is 28.6 Å². The monoisotopic (exact) mass is 883 g/mol. The van der Waals surface area contributed by atoms with Gasteiger partial charge in [0, 0.05) is 89.3 Å².